The molecule has 156 valence electrons. The summed E-state index contributed by atoms with van der Waals surface area (Å²) in [6.07, 6.45) is 4.05. The van der Waals surface area contributed by atoms with E-state index in [1.165, 1.54) is 12.3 Å². The van der Waals surface area contributed by atoms with E-state index >= 15 is 0 Å². The first-order valence-corrected chi connectivity index (χ1v) is 9.85. The molecule has 1 aliphatic rings. The van der Waals surface area contributed by atoms with Crippen LogP contribution in [0, 0.1) is 5.82 Å². The van der Waals surface area contributed by atoms with Crippen LogP contribution < -0.4 is 15.4 Å². The summed E-state index contributed by atoms with van der Waals surface area (Å²) in [6, 6.07) is 11.1. The minimum absolute atomic E-state index is 0.237. The van der Waals surface area contributed by atoms with Crippen molar-refractivity contribution in [1.29, 1.82) is 0 Å². The second-order valence-corrected chi connectivity index (χ2v) is 7.31. The van der Waals surface area contributed by atoms with Gasteiger partial charge in [-0.1, -0.05) is 30.3 Å². The zero-order valence-electron chi connectivity index (χ0n) is 16.7. The monoisotopic (exact) mass is 418 g/mol. The number of carbonyl (C=O) groups is 1. The number of fused-ring (bicyclic) bond motifs is 2. The van der Waals surface area contributed by atoms with Crippen LogP contribution in [0.15, 0.2) is 55.0 Å². The summed E-state index contributed by atoms with van der Waals surface area (Å²) in [7, 11) is 0. The van der Waals surface area contributed by atoms with Crippen LogP contribution in [-0.4, -0.2) is 38.1 Å². The molecule has 4 aromatic rings. The molecule has 1 unspecified atom stereocenters. The number of pyridine rings is 1. The van der Waals surface area contributed by atoms with Gasteiger partial charge in [0.2, 0.25) is 5.88 Å². The summed E-state index contributed by atoms with van der Waals surface area (Å²) in [5.74, 6) is 0.0816. The van der Waals surface area contributed by atoms with Gasteiger partial charge < -0.3 is 15.4 Å². The molecule has 0 fully saturated rings. The average molecular weight is 418 g/mol. The van der Waals surface area contributed by atoms with Crippen LogP contribution in [-0.2, 0) is 6.54 Å². The van der Waals surface area contributed by atoms with Gasteiger partial charge in [0.05, 0.1) is 18.9 Å². The normalized spacial score (nSPS) is 16.3. The third kappa shape index (κ3) is 3.65. The molecule has 1 aromatic carbocycles. The van der Waals surface area contributed by atoms with Gasteiger partial charge in [0.25, 0.3) is 5.91 Å². The number of benzene rings is 1. The van der Waals surface area contributed by atoms with Crippen LogP contribution in [0.1, 0.15) is 22.8 Å². The standard InChI is InChI=1S/C22H19FN6O2/c1-13-8-25-21(30)17-11-27-29-12-18(14-5-3-2-4-6-14)19(28-20(17)29)24-9-15-7-16(23)10-26-22(15)31-13/h2-7,10-13H,8-9H2,1H3,(H,24,28)(H,25,30). The van der Waals surface area contributed by atoms with Crippen molar-refractivity contribution >= 4 is 17.4 Å². The summed E-state index contributed by atoms with van der Waals surface area (Å²) >= 11 is 0. The fourth-order valence-corrected chi connectivity index (χ4v) is 3.48. The van der Waals surface area contributed by atoms with Crippen molar-refractivity contribution in [3.8, 4) is 17.0 Å². The minimum Gasteiger partial charge on any atom is -0.473 e. The van der Waals surface area contributed by atoms with Gasteiger partial charge in [0, 0.05) is 23.9 Å². The maximum atomic E-state index is 13.9. The third-order valence-electron chi connectivity index (χ3n) is 5.02. The number of aromatic nitrogens is 4. The van der Waals surface area contributed by atoms with Crippen molar-refractivity contribution < 1.29 is 13.9 Å². The first-order valence-electron chi connectivity index (χ1n) is 9.85. The molecule has 1 atom stereocenters. The minimum atomic E-state index is -0.459. The van der Waals surface area contributed by atoms with E-state index in [4.69, 9.17) is 9.72 Å². The lowest BCUT2D eigenvalue weighted by atomic mass is 10.1. The van der Waals surface area contributed by atoms with E-state index in [2.05, 4.69) is 20.7 Å². The van der Waals surface area contributed by atoms with Crippen LogP contribution in [0.5, 0.6) is 5.88 Å². The van der Waals surface area contributed by atoms with E-state index in [-0.39, 0.29) is 25.1 Å². The van der Waals surface area contributed by atoms with E-state index in [0.717, 1.165) is 17.3 Å². The van der Waals surface area contributed by atoms with Crippen molar-refractivity contribution in [3.05, 3.63) is 71.9 Å². The summed E-state index contributed by atoms with van der Waals surface area (Å²) in [4.78, 5) is 21.5. The molecule has 4 heterocycles. The summed E-state index contributed by atoms with van der Waals surface area (Å²) in [6.45, 7) is 2.29. The van der Waals surface area contributed by atoms with E-state index in [0.29, 0.717) is 28.5 Å². The first kappa shape index (κ1) is 19.0. The van der Waals surface area contributed by atoms with Crippen molar-refractivity contribution in [2.24, 2.45) is 0 Å². The summed E-state index contributed by atoms with van der Waals surface area (Å²) < 4.78 is 21.3. The Kier molecular flexibility index (Phi) is 4.70. The number of ether oxygens (including phenoxy) is 1. The molecule has 0 saturated heterocycles. The Morgan fingerprint density at radius 2 is 2.00 bits per heavy atom. The highest BCUT2D eigenvalue weighted by atomic mass is 19.1. The number of rotatable bonds is 1. The average Bonchev–Trinajstić information content (AvgIpc) is 3.20. The predicted octanol–water partition coefficient (Wildman–Crippen LogP) is 3.05. The predicted molar refractivity (Wildman–Crippen MR) is 112 cm³/mol. The van der Waals surface area contributed by atoms with Gasteiger partial charge in [-0.3, -0.25) is 4.79 Å². The molecule has 1 amide bonds. The van der Waals surface area contributed by atoms with E-state index in [1.54, 1.807) is 4.52 Å². The number of hydrogen-bond donors (Lipinski definition) is 2. The molecule has 0 radical (unpaired) electrons. The van der Waals surface area contributed by atoms with E-state index in [1.807, 2.05) is 43.5 Å². The smallest absolute Gasteiger partial charge is 0.256 e. The van der Waals surface area contributed by atoms with Gasteiger partial charge in [-0.05, 0) is 18.6 Å². The molecule has 2 N–H and O–H groups in total. The zero-order chi connectivity index (χ0) is 21.4. The molecular formula is C22H19FN6O2. The van der Waals surface area contributed by atoms with Crippen molar-refractivity contribution in [3.63, 3.8) is 0 Å². The highest BCUT2D eigenvalue weighted by Crippen LogP contribution is 2.29. The molecule has 2 bridgehead atoms. The molecule has 9 heteroatoms. The van der Waals surface area contributed by atoms with Gasteiger partial charge in [-0.2, -0.15) is 5.10 Å². The highest BCUT2D eigenvalue weighted by molar-refractivity contribution is 6.00. The fraction of sp³-hybridized carbons (Fsp3) is 0.182. The third-order valence-corrected chi connectivity index (χ3v) is 5.02. The number of nitrogens with zero attached hydrogens (tertiary/aromatic N) is 4. The molecule has 0 saturated carbocycles. The van der Waals surface area contributed by atoms with Crippen molar-refractivity contribution in [1.82, 2.24) is 24.9 Å². The van der Waals surface area contributed by atoms with Crippen molar-refractivity contribution in [2.75, 3.05) is 11.9 Å². The van der Waals surface area contributed by atoms with Gasteiger partial charge in [0.1, 0.15) is 23.3 Å². The van der Waals surface area contributed by atoms with Crippen LogP contribution in [0.4, 0.5) is 10.2 Å². The zero-order valence-corrected chi connectivity index (χ0v) is 16.7. The van der Waals surface area contributed by atoms with Gasteiger partial charge in [-0.15, -0.1) is 0 Å². The lowest BCUT2D eigenvalue weighted by Gasteiger charge is -2.17. The van der Waals surface area contributed by atoms with Crippen molar-refractivity contribution in [2.45, 2.75) is 19.6 Å². The largest absolute Gasteiger partial charge is 0.473 e. The van der Waals surface area contributed by atoms with Crippen LogP contribution >= 0.6 is 0 Å². The molecule has 3 aromatic heterocycles. The Bertz CT molecular complexity index is 1270. The van der Waals surface area contributed by atoms with Crippen LogP contribution in [0.25, 0.3) is 16.8 Å². The second kappa shape index (κ2) is 7.67. The second-order valence-electron chi connectivity index (χ2n) is 7.31. The maximum Gasteiger partial charge on any atom is 0.256 e. The number of halogens is 1. The number of hydrogen-bond acceptors (Lipinski definition) is 6. The molecule has 1 aliphatic heterocycles. The van der Waals surface area contributed by atoms with Crippen LogP contribution in [0.3, 0.4) is 0 Å². The molecule has 8 nitrogen and oxygen atoms in total. The Morgan fingerprint density at radius 3 is 2.84 bits per heavy atom. The molecule has 5 rings (SSSR count). The molecule has 0 spiro atoms. The van der Waals surface area contributed by atoms with Gasteiger partial charge >= 0.3 is 0 Å². The SMILES string of the molecule is CC1CNC(=O)c2cnn3cc(-c4ccccc4)c(nc23)NCc2cc(F)cnc2O1. The Hall–Kier alpha value is -4.01. The molecular weight excluding hydrogens is 399 g/mol. The Labute approximate surface area is 177 Å². The van der Waals surface area contributed by atoms with E-state index < -0.39 is 5.82 Å². The number of anilines is 1. The topological polar surface area (TPSA) is 93.4 Å². The number of amides is 1. The van der Waals surface area contributed by atoms with Gasteiger partial charge in [0.15, 0.2) is 5.65 Å². The number of carbonyl (C=O) groups excluding carboxylic acids is 1. The summed E-state index contributed by atoms with van der Waals surface area (Å²) in [5.41, 5.74) is 3.04. The summed E-state index contributed by atoms with van der Waals surface area (Å²) in [5, 5.41) is 10.4. The maximum absolute atomic E-state index is 13.9. The molecule has 31 heavy (non-hydrogen) atoms. The quantitative estimate of drug-likeness (QED) is 0.494. The first-order chi connectivity index (χ1) is 15.1. The van der Waals surface area contributed by atoms with E-state index in [9.17, 15) is 9.18 Å². The lowest BCUT2D eigenvalue weighted by molar-refractivity contribution is 0.0932. The highest BCUT2D eigenvalue weighted by Gasteiger charge is 2.20. The van der Waals surface area contributed by atoms with Crippen LogP contribution in [0.2, 0.25) is 0 Å². The number of nitrogens with one attached hydrogen (secondary N) is 2. The lowest BCUT2D eigenvalue weighted by Crippen LogP contribution is -2.33. The molecule has 0 aliphatic carbocycles. The Morgan fingerprint density at radius 1 is 1.16 bits per heavy atom. The Balaban J connectivity index is 1.67. The fourth-order valence-electron chi connectivity index (χ4n) is 3.48. The van der Waals surface area contributed by atoms with Gasteiger partial charge in [-0.25, -0.2) is 18.9 Å².